The number of thiocarbonyl (C=S) groups is 1. The SMILES string of the molecule is CC(C)(C)C1=C/C(=C/C2=C(S)C(=C/c3cc(C(C)(C)C)cc(C(C)(C)C)[o+]3)/C2=S)OC(C(C)(C)C)=C1. The topological polar surface area (TPSA) is 20.5 Å². The second kappa shape index (κ2) is 9.44. The molecule has 2 heterocycles. The number of allylic oxidation sites excluding steroid dienone is 7. The quantitative estimate of drug-likeness (QED) is 0.180. The van der Waals surface area contributed by atoms with Crippen molar-refractivity contribution >= 4 is 35.8 Å². The van der Waals surface area contributed by atoms with E-state index in [1.54, 1.807) is 0 Å². The molecule has 194 valence electrons. The van der Waals surface area contributed by atoms with E-state index in [-0.39, 0.29) is 21.7 Å². The molecule has 0 aromatic carbocycles. The summed E-state index contributed by atoms with van der Waals surface area (Å²) in [7, 11) is 0. The van der Waals surface area contributed by atoms with Gasteiger partial charge in [0.1, 0.15) is 11.5 Å². The predicted molar refractivity (Wildman–Crippen MR) is 161 cm³/mol. The van der Waals surface area contributed by atoms with Gasteiger partial charge in [-0.3, -0.25) is 0 Å². The molecule has 3 rings (SSSR count). The Morgan fingerprint density at radius 1 is 0.778 bits per heavy atom. The first-order chi connectivity index (χ1) is 16.2. The standard InChI is InChI=1S/C32H42O2S2/c1-29(2,3)19-13-21(33-25(15-19)31(7,8)9)17-23-27(35)24(28(23)36)18-22-14-20(30(4,5)6)16-26(34-22)32(10,11)12/h13-18H,1-12H3/p+1. The molecule has 0 bridgehead atoms. The molecular formula is C32H43O2S2+. The molecular weight excluding hydrogens is 480 g/mol. The Morgan fingerprint density at radius 3 is 1.86 bits per heavy atom. The number of ether oxygens (including phenoxy) is 1. The third-order valence-corrected chi connectivity index (χ3v) is 7.33. The first-order valence-corrected chi connectivity index (χ1v) is 13.6. The summed E-state index contributed by atoms with van der Waals surface area (Å²) in [4.78, 5) is 1.64. The molecule has 0 saturated carbocycles. The lowest BCUT2D eigenvalue weighted by Gasteiger charge is -2.32. The summed E-state index contributed by atoms with van der Waals surface area (Å²) in [6.07, 6.45) is 8.34. The van der Waals surface area contributed by atoms with Crippen molar-refractivity contribution in [1.82, 2.24) is 0 Å². The van der Waals surface area contributed by atoms with Crippen LogP contribution in [0.1, 0.15) is 100 Å². The molecule has 2 aliphatic rings. The monoisotopic (exact) mass is 523 g/mol. The zero-order valence-electron chi connectivity index (χ0n) is 24.1. The fourth-order valence-corrected chi connectivity index (χ4v) is 4.61. The summed E-state index contributed by atoms with van der Waals surface area (Å²) < 4.78 is 12.6. The Labute approximate surface area is 229 Å². The van der Waals surface area contributed by atoms with Gasteiger partial charge in [-0.05, 0) is 61.0 Å². The number of rotatable bonds is 2. The second-order valence-corrected chi connectivity index (χ2v) is 14.9. The Bertz CT molecular complexity index is 1210. The first-order valence-electron chi connectivity index (χ1n) is 12.7. The zero-order valence-corrected chi connectivity index (χ0v) is 25.8. The van der Waals surface area contributed by atoms with Crippen molar-refractivity contribution in [1.29, 1.82) is 0 Å². The van der Waals surface area contributed by atoms with Crippen LogP contribution in [0.4, 0.5) is 0 Å². The summed E-state index contributed by atoms with van der Waals surface area (Å²) in [6, 6.07) is 4.29. The Morgan fingerprint density at radius 2 is 1.39 bits per heavy atom. The molecule has 0 unspecified atom stereocenters. The molecule has 0 radical (unpaired) electrons. The average molecular weight is 524 g/mol. The van der Waals surface area contributed by atoms with E-state index in [0.29, 0.717) is 0 Å². The Balaban J connectivity index is 2.04. The van der Waals surface area contributed by atoms with E-state index < -0.39 is 0 Å². The fourth-order valence-electron chi connectivity index (χ4n) is 3.79. The van der Waals surface area contributed by atoms with Gasteiger partial charge in [0.2, 0.25) is 0 Å². The van der Waals surface area contributed by atoms with Crippen molar-refractivity contribution in [3.05, 3.63) is 80.6 Å². The highest BCUT2D eigenvalue weighted by Crippen LogP contribution is 2.42. The summed E-state index contributed by atoms with van der Waals surface area (Å²) >= 11 is 10.7. The van der Waals surface area contributed by atoms with Crippen molar-refractivity contribution < 1.29 is 9.15 Å². The Kier molecular flexibility index (Phi) is 7.51. The van der Waals surface area contributed by atoms with E-state index in [2.05, 4.69) is 107 Å². The van der Waals surface area contributed by atoms with Crippen LogP contribution in [0, 0.1) is 10.8 Å². The maximum atomic E-state index is 6.32. The number of thiol groups is 1. The van der Waals surface area contributed by atoms with E-state index in [4.69, 9.17) is 34.0 Å². The van der Waals surface area contributed by atoms with Crippen LogP contribution in [-0.2, 0) is 15.6 Å². The van der Waals surface area contributed by atoms with Crippen molar-refractivity contribution in [2.75, 3.05) is 0 Å². The first kappa shape index (κ1) is 28.7. The molecule has 4 heteroatoms. The normalized spacial score (nSPS) is 19.9. The van der Waals surface area contributed by atoms with Crippen molar-refractivity contribution in [3.8, 4) is 0 Å². The molecule has 0 amide bonds. The van der Waals surface area contributed by atoms with Gasteiger partial charge in [-0.25, -0.2) is 4.42 Å². The van der Waals surface area contributed by atoms with Gasteiger partial charge in [-0.2, -0.15) is 0 Å². The van der Waals surface area contributed by atoms with Gasteiger partial charge < -0.3 is 4.74 Å². The smallest absolute Gasteiger partial charge is 0.354 e. The predicted octanol–water partition coefficient (Wildman–Crippen LogP) is 9.92. The van der Waals surface area contributed by atoms with E-state index in [1.165, 1.54) is 11.1 Å². The van der Waals surface area contributed by atoms with Crippen LogP contribution in [0.2, 0.25) is 0 Å². The second-order valence-electron chi connectivity index (χ2n) is 14.0. The summed E-state index contributed by atoms with van der Waals surface area (Å²) in [5.41, 5.74) is 4.14. The fraction of sp³-hybridized carbons (Fsp3) is 0.500. The summed E-state index contributed by atoms with van der Waals surface area (Å²) in [6.45, 7) is 26.3. The van der Waals surface area contributed by atoms with Crippen molar-refractivity contribution in [3.63, 3.8) is 0 Å². The van der Waals surface area contributed by atoms with Crippen LogP contribution in [0.3, 0.4) is 0 Å². The number of hydrogen-bond acceptors (Lipinski definition) is 3. The number of hydrogen-bond donors (Lipinski definition) is 1. The molecule has 0 spiro atoms. The highest BCUT2D eigenvalue weighted by atomic mass is 32.1. The zero-order chi connectivity index (χ0) is 27.4. The molecule has 36 heavy (non-hydrogen) atoms. The lowest BCUT2D eigenvalue weighted by Crippen LogP contribution is -2.20. The highest BCUT2D eigenvalue weighted by Gasteiger charge is 2.34. The summed E-state index contributed by atoms with van der Waals surface area (Å²) in [5.74, 6) is 3.50. The van der Waals surface area contributed by atoms with E-state index >= 15 is 0 Å². The van der Waals surface area contributed by atoms with E-state index in [9.17, 15) is 0 Å². The van der Waals surface area contributed by atoms with Gasteiger partial charge in [0.05, 0.1) is 16.4 Å². The lowest BCUT2D eigenvalue weighted by molar-refractivity contribution is 0.220. The van der Waals surface area contributed by atoms with Crippen LogP contribution < -0.4 is 0 Å². The highest BCUT2D eigenvalue weighted by molar-refractivity contribution is 7.87. The van der Waals surface area contributed by atoms with Gasteiger partial charge in [0.25, 0.3) is 0 Å². The van der Waals surface area contributed by atoms with E-state index in [1.807, 2.05) is 12.2 Å². The molecule has 2 nitrogen and oxygen atoms in total. The minimum absolute atomic E-state index is 0.00701. The third-order valence-electron chi connectivity index (χ3n) is 6.41. The molecule has 0 fully saturated rings. The largest absolute Gasteiger partial charge is 0.461 e. The van der Waals surface area contributed by atoms with Gasteiger partial charge in [-0.1, -0.05) is 74.5 Å². The maximum Gasteiger partial charge on any atom is 0.354 e. The van der Waals surface area contributed by atoms with Gasteiger partial charge in [0, 0.05) is 33.6 Å². The summed E-state index contributed by atoms with van der Waals surface area (Å²) in [5, 5.41) is 0. The lowest BCUT2D eigenvalue weighted by atomic mass is 9.81. The minimum Gasteiger partial charge on any atom is -0.461 e. The molecule has 0 atom stereocenters. The Hall–Kier alpha value is -1.91. The van der Waals surface area contributed by atoms with Crippen LogP contribution in [0.5, 0.6) is 0 Å². The van der Waals surface area contributed by atoms with E-state index in [0.717, 1.165) is 44.0 Å². The van der Waals surface area contributed by atoms with Gasteiger partial charge >= 0.3 is 11.5 Å². The van der Waals surface area contributed by atoms with Crippen LogP contribution in [0.25, 0.3) is 6.08 Å². The molecule has 1 aromatic rings. The minimum atomic E-state index is -0.0997. The van der Waals surface area contributed by atoms with Crippen molar-refractivity contribution in [2.24, 2.45) is 10.8 Å². The maximum absolute atomic E-state index is 6.32. The van der Waals surface area contributed by atoms with Gasteiger partial charge in [0.15, 0.2) is 0 Å². The molecule has 1 aromatic heterocycles. The third kappa shape index (κ3) is 6.31. The molecule has 0 N–H and O–H groups in total. The van der Waals surface area contributed by atoms with Gasteiger partial charge in [-0.15, -0.1) is 12.6 Å². The molecule has 1 aliphatic heterocycles. The molecule has 1 aliphatic carbocycles. The molecule has 0 saturated heterocycles. The van der Waals surface area contributed by atoms with Crippen molar-refractivity contribution in [2.45, 2.75) is 93.9 Å². The van der Waals surface area contributed by atoms with Crippen LogP contribution >= 0.6 is 24.8 Å². The van der Waals surface area contributed by atoms with Crippen LogP contribution in [0.15, 0.2) is 67.9 Å². The average Bonchev–Trinajstić information content (AvgIpc) is 2.72. The van der Waals surface area contributed by atoms with Crippen LogP contribution in [-0.4, -0.2) is 4.86 Å².